The van der Waals surface area contributed by atoms with Crippen molar-refractivity contribution >= 4 is 9.84 Å². The number of rotatable bonds is 2. The summed E-state index contributed by atoms with van der Waals surface area (Å²) in [6.07, 6.45) is 6.88. The fourth-order valence-electron chi connectivity index (χ4n) is 3.95. The fraction of sp³-hybridized carbons (Fsp3) is 1.00. The van der Waals surface area contributed by atoms with Crippen LogP contribution in [0.3, 0.4) is 0 Å². The van der Waals surface area contributed by atoms with Gasteiger partial charge >= 0.3 is 0 Å². The average molecular weight is 272 g/mol. The SMILES string of the molecule is O=S1(=O)CCC(N2CCCC2C2CCCN2)CC1. The Bertz CT molecular complexity index is 376. The summed E-state index contributed by atoms with van der Waals surface area (Å²) in [6.45, 7) is 2.33. The molecule has 2 unspecified atom stereocenters. The van der Waals surface area contributed by atoms with Gasteiger partial charge in [-0.3, -0.25) is 4.90 Å². The van der Waals surface area contributed by atoms with Crippen LogP contribution in [0.2, 0.25) is 0 Å². The summed E-state index contributed by atoms with van der Waals surface area (Å²) < 4.78 is 23.0. The smallest absolute Gasteiger partial charge is 0.150 e. The van der Waals surface area contributed by atoms with Crippen LogP contribution in [0.1, 0.15) is 38.5 Å². The highest BCUT2D eigenvalue weighted by atomic mass is 32.2. The Kier molecular flexibility index (Phi) is 3.65. The molecule has 3 heterocycles. The zero-order valence-electron chi connectivity index (χ0n) is 11.0. The highest BCUT2D eigenvalue weighted by Crippen LogP contribution is 2.30. The monoisotopic (exact) mass is 272 g/mol. The molecule has 4 nitrogen and oxygen atoms in total. The minimum absolute atomic E-state index is 0.402. The van der Waals surface area contributed by atoms with Crippen molar-refractivity contribution in [2.75, 3.05) is 24.6 Å². The van der Waals surface area contributed by atoms with Gasteiger partial charge in [0.25, 0.3) is 0 Å². The summed E-state index contributed by atoms with van der Waals surface area (Å²) in [5.74, 6) is 0.804. The minimum atomic E-state index is -2.72. The maximum absolute atomic E-state index is 11.5. The molecule has 18 heavy (non-hydrogen) atoms. The van der Waals surface area contributed by atoms with Crippen LogP contribution >= 0.6 is 0 Å². The standard InChI is InChI=1S/C13H24N2O2S/c16-18(17)9-5-11(6-10-18)15-8-2-4-13(15)12-3-1-7-14-12/h11-14H,1-10H2. The summed E-state index contributed by atoms with van der Waals surface area (Å²) >= 11 is 0. The zero-order valence-corrected chi connectivity index (χ0v) is 11.8. The average Bonchev–Trinajstić information content (AvgIpc) is 2.99. The predicted octanol–water partition coefficient (Wildman–Crippen LogP) is 0.780. The van der Waals surface area contributed by atoms with Crippen LogP contribution in [-0.4, -0.2) is 56.0 Å². The Morgan fingerprint density at radius 2 is 1.78 bits per heavy atom. The summed E-state index contributed by atoms with van der Waals surface area (Å²) in [6, 6.07) is 1.84. The molecular weight excluding hydrogens is 248 g/mol. The lowest BCUT2D eigenvalue weighted by atomic mass is 10.0. The highest BCUT2D eigenvalue weighted by Gasteiger charge is 2.38. The van der Waals surface area contributed by atoms with E-state index in [1.807, 2.05) is 0 Å². The van der Waals surface area contributed by atoms with Gasteiger partial charge in [0, 0.05) is 18.1 Å². The van der Waals surface area contributed by atoms with E-state index in [4.69, 9.17) is 0 Å². The lowest BCUT2D eigenvalue weighted by molar-refractivity contribution is 0.143. The van der Waals surface area contributed by atoms with E-state index in [2.05, 4.69) is 10.2 Å². The molecule has 5 heteroatoms. The third-order valence-corrected chi connectivity index (χ3v) is 6.61. The molecule has 0 spiro atoms. The van der Waals surface area contributed by atoms with Crippen molar-refractivity contribution < 1.29 is 8.42 Å². The van der Waals surface area contributed by atoms with Crippen molar-refractivity contribution in [2.24, 2.45) is 0 Å². The van der Waals surface area contributed by atoms with Crippen LogP contribution in [0.4, 0.5) is 0 Å². The van der Waals surface area contributed by atoms with Gasteiger partial charge in [-0.05, 0) is 51.6 Å². The second kappa shape index (κ2) is 5.10. The molecule has 3 aliphatic rings. The number of hydrogen-bond acceptors (Lipinski definition) is 4. The van der Waals surface area contributed by atoms with E-state index in [1.165, 1.54) is 32.2 Å². The van der Waals surface area contributed by atoms with Crippen molar-refractivity contribution in [3.05, 3.63) is 0 Å². The van der Waals surface area contributed by atoms with Crippen LogP contribution in [0.15, 0.2) is 0 Å². The Labute approximate surface area is 110 Å². The van der Waals surface area contributed by atoms with Gasteiger partial charge in [0.15, 0.2) is 0 Å². The van der Waals surface area contributed by atoms with Gasteiger partial charge < -0.3 is 5.32 Å². The second-order valence-corrected chi connectivity index (χ2v) is 8.34. The highest BCUT2D eigenvalue weighted by molar-refractivity contribution is 7.91. The van der Waals surface area contributed by atoms with E-state index < -0.39 is 9.84 Å². The number of sulfone groups is 1. The number of nitrogens with one attached hydrogen (secondary N) is 1. The minimum Gasteiger partial charge on any atom is -0.312 e. The molecule has 0 aromatic rings. The first-order valence-electron chi connectivity index (χ1n) is 7.35. The molecule has 1 N–H and O–H groups in total. The molecule has 0 bridgehead atoms. The van der Waals surface area contributed by atoms with Crippen LogP contribution in [0.25, 0.3) is 0 Å². The van der Waals surface area contributed by atoms with Gasteiger partial charge in [0.05, 0.1) is 11.5 Å². The summed E-state index contributed by atoms with van der Waals surface area (Å²) in [4.78, 5) is 2.62. The van der Waals surface area contributed by atoms with Gasteiger partial charge in [-0.1, -0.05) is 0 Å². The zero-order chi connectivity index (χ0) is 12.6. The van der Waals surface area contributed by atoms with Gasteiger partial charge in [0.1, 0.15) is 9.84 Å². The van der Waals surface area contributed by atoms with Crippen LogP contribution < -0.4 is 5.32 Å². The Balaban J connectivity index is 1.64. The summed E-state index contributed by atoms with van der Waals surface area (Å²) in [5, 5.41) is 3.62. The largest absolute Gasteiger partial charge is 0.312 e. The third-order valence-electron chi connectivity index (χ3n) is 4.90. The fourth-order valence-corrected chi connectivity index (χ4v) is 5.42. The first-order chi connectivity index (χ1) is 8.66. The van der Waals surface area contributed by atoms with Crippen molar-refractivity contribution in [1.82, 2.24) is 10.2 Å². The first kappa shape index (κ1) is 12.9. The quantitative estimate of drug-likeness (QED) is 0.807. The van der Waals surface area contributed by atoms with Crippen LogP contribution in [0.5, 0.6) is 0 Å². The van der Waals surface area contributed by atoms with Gasteiger partial charge in [-0.25, -0.2) is 8.42 Å². The van der Waals surface area contributed by atoms with E-state index in [1.54, 1.807) is 0 Å². The Morgan fingerprint density at radius 3 is 2.44 bits per heavy atom. The van der Waals surface area contributed by atoms with Gasteiger partial charge in [-0.15, -0.1) is 0 Å². The Morgan fingerprint density at radius 1 is 1.00 bits per heavy atom. The van der Waals surface area contributed by atoms with E-state index in [-0.39, 0.29) is 0 Å². The molecule has 0 aromatic heterocycles. The van der Waals surface area contributed by atoms with Gasteiger partial charge in [0.2, 0.25) is 0 Å². The van der Waals surface area contributed by atoms with Crippen molar-refractivity contribution in [3.8, 4) is 0 Å². The molecule has 3 fully saturated rings. The molecule has 0 radical (unpaired) electrons. The predicted molar refractivity (Wildman–Crippen MR) is 72.4 cm³/mol. The maximum Gasteiger partial charge on any atom is 0.150 e. The van der Waals surface area contributed by atoms with Crippen molar-refractivity contribution in [1.29, 1.82) is 0 Å². The first-order valence-corrected chi connectivity index (χ1v) is 9.17. The number of hydrogen-bond donors (Lipinski definition) is 1. The van der Waals surface area contributed by atoms with E-state index in [0.717, 1.165) is 19.4 Å². The molecule has 0 aliphatic carbocycles. The van der Waals surface area contributed by atoms with Crippen molar-refractivity contribution in [2.45, 2.75) is 56.7 Å². The second-order valence-electron chi connectivity index (χ2n) is 6.03. The maximum atomic E-state index is 11.5. The van der Waals surface area contributed by atoms with Gasteiger partial charge in [-0.2, -0.15) is 0 Å². The van der Waals surface area contributed by atoms with E-state index in [9.17, 15) is 8.42 Å². The molecular formula is C13H24N2O2S. The molecule has 3 rings (SSSR count). The molecule has 3 aliphatic heterocycles. The van der Waals surface area contributed by atoms with Crippen molar-refractivity contribution in [3.63, 3.8) is 0 Å². The normalized spacial score (nSPS) is 38.2. The number of nitrogens with zero attached hydrogens (tertiary/aromatic N) is 1. The van der Waals surface area contributed by atoms with Crippen LogP contribution in [-0.2, 0) is 9.84 Å². The van der Waals surface area contributed by atoms with E-state index >= 15 is 0 Å². The molecule has 0 saturated carbocycles. The number of likely N-dealkylation sites (tertiary alicyclic amines) is 1. The molecule has 0 amide bonds. The van der Waals surface area contributed by atoms with E-state index in [0.29, 0.717) is 29.6 Å². The molecule has 2 atom stereocenters. The third kappa shape index (κ3) is 2.58. The molecule has 104 valence electrons. The topological polar surface area (TPSA) is 49.4 Å². The van der Waals surface area contributed by atoms with Crippen LogP contribution in [0, 0.1) is 0 Å². The summed E-state index contributed by atoms with van der Waals surface area (Å²) in [5.41, 5.74) is 0. The Hall–Kier alpha value is -0.130. The molecule has 3 saturated heterocycles. The lowest BCUT2D eigenvalue weighted by Gasteiger charge is -2.37. The molecule has 0 aromatic carbocycles. The summed E-state index contributed by atoms with van der Waals surface area (Å²) in [7, 11) is -2.72. The lowest BCUT2D eigenvalue weighted by Crippen LogP contribution is -2.50.